The number of hydrogen-bond acceptors (Lipinski definition) is 3. The van der Waals surface area contributed by atoms with E-state index >= 15 is 0 Å². The summed E-state index contributed by atoms with van der Waals surface area (Å²) in [4.78, 5) is 12.2. The number of carbonyl (C=O) groups excluding carboxylic acids is 1. The number of carbonyl (C=O) groups is 1. The fourth-order valence-corrected chi connectivity index (χ4v) is 3.06. The molecule has 1 saturated carbocycles. The summed E-state index contributed by atoms with van der Waals surface area (Å²) in [6, 6.07) is 7.53. The van der Waals surface area contributed by atoms with Gasteiger partial charge in [0.25, 0.3) is 0 Å². The van der Waals surface area contributed by atoms with Crippen molar-refractivity contribution in [3.8, 4) is 11.8 Å². The number of nitrogens with two attached hydrogens (primary N) is 1. The minimum absolute atomic E-state index is 0.0590. The Bertz CT molecular complexity index is 802. The number of aryl methyl sites for hydroxylation is 1. The lowest BCUT2D eigenvalue weighted by atomic mass is 9.93. The minimum Gasteiger partial charge on any atom is -0.457 e. The van der Waals surface area contributed by atoms with E-state index < -0.39 is 5.91 Å². The third kappa shape index (κ3) is 4.98. The van der Waals surface area contributed by atoms with E-state index in [9.17, 15) is 10.1 Å². The van der Waals surface area contributed by atoms with Crippen molar-refractivity contribution in [2.45, 2.75) is 53.9 Å². The maximum Gasteiger partial charge on any atom is 0.248 e. The molecule has 0 bridgehead atoms. The number of primary amides is 1. The molecule has 0 atom stereocenters. The Balaban J connectivity index is 2.59. The van der Waals surface area contributed by atoms with Crippen molar-refractivity contribution < 1.29 is 9.53 Å². The van der Waals surface area contributed by atoms with E-state index in [2.05, 4.69) is 6.07 Å². The second-order valence-electron chi connectivity index (χ2n) is 7.64. The first-order chi connectivity index (χ1) is 12.2. The highest BCUT2D eigenvalue weighted by molar-refractivity contribution is 5.93. The first-order valence-electron chi connectivity index (χ1n) is 9.13. The van der Waals surface area contributed by atoms with Gasteiger partial charge in [-0.3, -0.25) is 4.79 Å². The lowest BCUT2D eigenvalue weighted by Crippen LogP contribution is -2.23. The molecule has 0 aromatic heterocycles. The first-order valence-corrected chi connectivity index (χ1v) is 9.13. The van der Waals surface area contributed by atoms with Gasteiger partial charge >= 0.3 is 0 Å². The molecule has 0 aliphatic heterocycles. The topological polar surface area (TPSA) is 76.1 Å². The number of benzene rings is 1. The zero-order chi connectivity index (χ0) is 19.4. The highest BCUT2D eigenvalue weighted by Gasteiger charge is 2.28. The summed E-state index contributed by atoms with van der Waals surface area (Å²) in [7, 11) is 0. The van der Waals surface area contributed by atoms with E-state index in [4.69, 9.17) is 10.5 Å². The number of hydrogen-bond donors (Lipinski definition) is 1. The Morgan fingerprint density at radius 2 is 1.96 bits per heavy atom. The van der Waals surface area contributed by atoms with E-state index in [1.54, 1.807) is 12.1 Å². The van der Waals surface area contributed by atoms with Gasteiger partial charge in [-0.15, -0.1) is 0 Å². The number of nitrogens with zero attached hydrogens (tertiary/aromatic N) is 1. The number of nitriles is 1. The predicted octanol–water partition coefficient (Wildman–Crippen LogP) is 4.78. The second kappa shape index (κ2) is 8.23. The fraction of sp³-hybridized carbons (Fsp3) is 0.455. The van der Waals surface area contributed by atoms with E-state index in [1.807, 2.05) is 40.7 Å². The van der Waals surface area contributed by atoms with Crippen LogP contribution in [0.15, 0.2) is 40.7 Å². The molecule has 0 heterocycles. The Hall–Kier alpha value is -2.54. The van der Waals surface area contributed by atoms with Crippen molar-refractivity contribution in [1.82, 2.24) is 0 Å². The van der Waals surface area contributed by atoms with Gasteiger partial charge in [-0.05, 0) is 81.2 Å². The number of rotatable bonds is 7. The summed E-state index contributed by atoms with van der Waals surface area (Å²) in [6.07, 6.45) is 3.30. The maximum atomic E-state index is 12.2. The van der Waals surface area contributed by atoms with Crippen LogP contribution in [0.4, 0.5) is 0 Å². The van der Waals surface area contributed by atoms with Gasteiger partial charge in [0.1, 0.15) is 11.5 Å². The molecule has 138 valence electrons. The van der Waals surface area contributed by atoms with Crippen molar-refractivity contribution in [3.63, 3.8) is 0 Å². The van der Waals surface area contributed by atoms with Crippen LogP contribution >= 0.6 is 0 Å². The molecule has 0 unspecified atom stereocenters. The van der Waals surface area contributed by atoms with Gasteiger partial charge in [-0.25, -0.2) is 0 Å². The second-order valence-corrected chi connectivity index (χ2v) is 7.64. The predicted molar refractivity (Wildman–Crippen MR) is 103 cm³/mol. The summed E-state index contributed by atoms with van der Waals surface area (Å²) >= 11 is 0. The van der Waals surface area contributed by atoms with Gasteiger partial charge in [-0.2, -0.15) is 5.26 Å². The van der Waals surface area contributed by atoms with E-state index in [1.165, 1.54) is 12.8 Å². The average Bonchev–Trinajstić information content (AvgIpc) is 3.34. The van der Waals surface area contributed by atoms with Crippen LogP contribution in [0.1, 0.15) is 58.1 Å². The van der Waals surface area contributed by atoms with Crippen LogP contribution in [0.2, 0.25) is 0 Å². The van der Waals surface area contributed by atoms with Crippen LogP contribution < -0.4 is 10.5 Å². The fourth-order valence-electron chi connectivity index (χ4n) is 3.06. The smallest absolute Gasteiger partial charge is 0.248 e. The largest absolute Gasteiger partial charge is 0.457 e. The highest BCUT2D eigenvalue weighted by Crippen LogP contribution is 2.40. The van der Waals surface area contributed by atoms with E-state index in [-0.39, 0.29) is 5.92 Å². The van der Waals surface area contributed by atoms with Gasteiger partial charge < -0.3 is 10.5 Å². The van der Waals surface area contributed by atoms with Crippen LogP contribution in [-0.2, 0) is 4.79 Å². The molecule has 2 rings (SSSR count). The van der Waals surface area contributed by atoms with Crippen molar-refractivity contribution in [2.75, 3.05) is 0 Å². The van der Waals surface area contributed by atoms with Gasteiger partial charge in [-0.1, -0.05) is 19.4 Å². The van der Waals surface area contributed by atoms with Crippen molar-refractivity contribution in [2.24, 2.45) is 17.6 Å². The van der Waals surface area contributed by atoms with Gasteiger partial charge in [0.2, 0.25) is 5.91 Å². The molecule has 26 heavy (non-hydrogen) atoms. The summed E-state index contributed by atoms with van der Waals surface area (Å²) in [5.74, 6) is 1.25. The standard InChI is InChI=1S/C22H28N2O2/c1-13(2)19(11-16-6-7-16)21(20(14(3)4)22(24)25)26-18-9-15(5)8-17(10-18)12-23/h8-10,14,16H,6-7,11H2,1-5H3,(H2,24,25). The SMILES string of the molecule is CC(C)=C(CC1CC1)C(Oc1cc(C)cc(C#N)c1)=C(C(N)=O)C(C)C. The molecular weight excluding hydrogens is 324 g/mol. The minimum atomic E-state index is -0.460. The maximum absolute atomic E-state index is 12.2. The average molecular weight is 352 g/mol. The molecular formula is C22H28N2O2. The quantitative estimate of drug-likeness (QED) is 0.436. The molecule has 1 aromatic rings. The van der Waals surface area contributed by atoms with Crippen LogP contribution in [0.5, 0.6) is 5.75 Å². The summed E-state index contributed by atoms with van der Waals surface area (Å²) in [5, 5.41) is 9.23. The molecule has 1 aliphatic carbocycles. The molecule has 1 aromatic carbocycles. The van der Waals surface area contributed by atoms with Crippen LogP contribution in [-0.4, -0.2) is 5.91 Å². The molecule has 1 aliphatic rings. The molecule has 1 amide bonds. The summed E-state index contributed by atoms with van der Waals surface area (Å²) in [6.45, 7) is 9.88. The normalized spacial score (nSPS) is 14.5. The molecule has 0 spiro atoms. The molecule has 0 radical (unpaired) electrons. The monoisotopic (exact) mass is 352 g/mol. The van der Waals surface area contributed by atoms with E-state index in [0.717, 1.165) is 23.1 Å². The number of allylic oxidation sites excluding steroid dienone is 2. The highest BCUT2D eigenvalue weighted by atomic mass is 16.5. The van der Waals surface area contributed by atoms with Crippen LogP contribution in [0.25, 0.3) is 0 Å². The third-order valence-electron chi connectivity index (χ3n) is 4.55. The Kier molecular flexibility index (Phi) is 6.26. The molecule has 4 nitrogen and oxygen atoms in total. The Morgan fingerprint density at radius 1 is 1.31 bits per heavy atom. The molecule has 4 heteroatoms. The van der Waals surface area contributed by atoms with E-state index in [0.29, 0.717) is 28.6 Å². The Morgan fingerprint density at radius 3 is 2.42 bits per heavy atom. The molecule has 2 N–H and O–H groups in total. The summed E-state index contributed by atoms with van der Waals surface area (Å²) in [5.41, 5.74) is 9.86. The molecule has 0 saturated heterocycles. The lowest BCUT2D eigenvalue weighted by Gasteiger charge is -2.21. The number of ether oxygens (including phenoxy) is 1. The van der Waals surface area contributed by atoms with Gasteiger partial charge in [0.15, 0.2) is 0 Å². The lowest BCUT2D eigenvalue weighted by molar-refractivity contribution is -0.115. The zero-order valence-electron chi connectivity index (χ0n) is 16.3. The van der Waals surface area contributed by atoms with Crippen molar-refractivity contribution in [1.29, 1.82) is 5.26 Å². The van der Waals surface area contributed by atoms with Crippen molar-refractivity contribution >= 4 is 5.91 Å². The van der Waals surface area contributed by atoms with Gasteiger partial charge in [0, 0.05) is 0 Å². The Labute approximate surface area is 156 Å². The summed E-state index contributed by atoms with van der Waals surface area (Å²) < 4.78 is 6.24. The van der Waals surface area contributed by atoms with Crippen LogP contribution in [0, 0.1) is 30.1 Å². The van der Waals surface area contributed by atoms with Crippen LogP contribution in [0.3, 0.4) is 0 Å². The first kappa shape index (κ1) is 19.8. The third-order valence-corrected chi connectivity index (χ3v) is 4.55. The molecule has 1 fully saturated rings. The van der Waals surface area contributed by atoms with Gasteiger partial charge in [0.05, 0.1) is 17.2 Å². The number of amides is 1. The van der Waals surface area contributed by atoms with Crippen molar-refractivity contribution in [3.05, 3.63) is 51.8 Å². The zero-order valence-corrected chi connectivity index (χ0v) is 16.3.